The third-order valence-electron chi connectivity index (χ3n) is 7.09. The number of fused-ring (bicyclic) bond motifs is 1. The van der Waals surface area contributed by atoms with Crippen LogP contribution in [0.1, 0.15) is 55.9 Å². The molecule has 2 aromatic heterocycles. The Morgan fingerprint density at radius 1 is 1.33 bits per heavy atom. The third-order valence-corrected chi connectivity index (χ3v) is 7.09. The van der Waals surface area contributed by atoms with E-state index in [1.165, 1.54) is 37.0 Å². The second-order valence-corrected chi connectivity index (χ2v) is 9.71. The van der Waals surface area contributed by atoms with Gasteiger partial charge in [-0.15, -0.1) is 0 Å². The minimum Gasteiger partial charge on any atom is -0.382 e. The molecule has 3 amide bonds. The normalized spacial score (nSPS) is 22.2. The van der Waals surface area contributed by atoms with Crippen molar-refractivity contribution >= 4 is 17.6 Å². The molecule has 9 nitrogen and oxygen atoms in total. The lowest BCUT2D eigenvalue weighted by molar-refractivity contribution is -0.150. The summed E-state index contributed by atoms with van der Waals surface area (Å²) in [6.45, 7) is 0.592. The van der Waals surface area contributed by atoms with Crippen molar-refractivity contribution in [2.24, 2.45) is 5.92 Å². The van der Waals surface area contributed by atoms with Crippen molar-refractivity contribution in [2.75, 3.05) is 20.3 Å². The van der Waals surface area contributed by atoms with E-state index in [-0.39, 0.29) is 43.6 Å². The highest BCUT2D eigenvalue weighted by molar-refractivity contribution is 5.91. The molecule has 1 aliphatic carbocycles. The van der Waals surface area contributed by atoms with Crippen LogP contribution in [0.2, 0.25) is 0 Å². The maximum absolute atomic E-state index is 14.0. The molecule has 2 aromatic rings. The van der Waals surface area contributed by atoms with Crippen LogP contribution >= 0.6 is 0 Å². The van der Waals surface area contributed by atoms with Gasteiger partial charge in [0.1, 0.15) is 6.04 Å². The van der Waals surface area contributed by atoms with E-state index in [2.05, 4.69) is 15.4 Å². The van der Waals surface area contributed by atoms with Crippen LogP contribution in [0.25, 0.3) is 5.65 Å². The zero-order chi connectivity index (χ0) is 28.5. The molecule has 2 fully saturated rings. The van der Waals surface area contributed by atoms with Crippen LogP contribution in [0.15, 0.2) is 30.4 Å². The Morgan fingerprint density at radius 3 is 2.62 bits per heavy atom. The van der Waals surface area contributed by atoms with Gasteiger partial charge in [-0.3, -0.25) is 4.79 Å². The number of rotatable bonds is 8. The lowest BCUT2D eigenvalue weighted by atomic mass is 9.81. The number of nitrogens with zero attached hydrogens (tertiary/aromatic N) is 4. The largest absolute Gasteiger partial charge is 0.410 e. The number of halogens is 6. The zero-order valence-corrected chi connectivity index (χ0v) is 21.1. The first-order chi connectivity index (χ1) is 18.3. The van der Waals surface area contributed by atoms with E-state index in [0.717, 1.165) is 11.0 Å². The average Bonchev–Trinajstić information content (AvgIpc) is 3.48. The molecule has 0 aromatic carbocycles. The summed E-state index contributed by atoms with van der Waals surface area (Å²) in [6.07, 6.45) is -1.46. The Kier molecular flexibility index (Phi) is 8.09. The van der Waals surface area contributed by atoms with Crippen LogP contribution in [0.5, 0.6) is 0 Å². The van der Waals surface area contributed by atoms with Crippen molar-refractivity contribution in [1.29, 1.82) is 0 Å². The summed E-state index contributed by atoms with van der Waals surface area (Å²) in [5.74, 6) is -5.31. The SMILES string of the molecule is C/C=C(/F)C(=O)N[C@H](c1cn2ncc([C@@H](COC)N3C[C@@H](C(F)(F)F)NC3=O)cc2n1)C1CCC(F)(F)CC1. The van der Waals surface area contributed by atoms with Gasteiger partial charge in [-0.2, -0.15) is 18.3 Å². The maximum atomic E-state index is 14.0. The lowest BCUT2D eigenvalue weighted by Gasteiger charge is -2.33. The van der Waals surface area contributed by atoms with E-state index < -0.39 is 60.5 Å². The zero-order valence-electron chi connectivity index (χ0n) is 21.1. The molecule has 15 heteroatoms. The number of hydrogen-bond donors (Lipinski definition) is 2. The molecule has 214 valence electrons. The molecule has 0 bridgehead atoms. The molecule has 4 rings (SSSR count). The van der Waals surface area contributed by atoms with Gasteiger partial charge in [-0.25, -0.2) is 27.5 Å². The first-order valence-electron chi connectivity index (χ1n) is 12.3. The fourth-order valence-electron chi connectivity index (χ4n) is 4.95. The number of carbonyl (C=O) groups is 2. The Hall–Kier alpha value is -3.36. The van der Waals surface area contributed by atoms with E-state index in [0.29, 0.717) is 5.56 Å². The fraction of sp³-hybridized carbons (Fsp3) is 0.583. The summed E-state index contributed by atoms with van der Waals surface area (Å²) < 4.78 is 87.7. The predicted octanol–water partition coefficient (Wildman–Crippen LogP) is 4.23. The van der Waals surface area contributed by atoms with Crippen molar-refractivity contribution in [1.82, 2.24) is 30.1 Å². The highest BCUT2D eigenvalue weighted by Crippen LogP contribution is 2.41. The Balaban J connectivity index is 1.65. The van der Waals surface area contributed by atoms with E-state index in [4.69, 9.17) is 4.74 Å². The number of ether oxygens (including phenoxy) is 1. The van der Waals surface area contributed by atoms with Crippen LogP contribution in [0, 0.1) is 5.92 Å². The Bertz CT molecular complexity index is 1240. The van der Waals surface area contributed by atoms with Gasteiger partial charge in [0.15, 0.2) is 11.5 Å². The first kappa shape index (κ1) is 28.6. The van der Waals surface area contributed by atoms with Gasteiger partial charge in [0.05, 0.1) is 43.3 Å². The smallest absolute Gasteiger partial charge is 0.382 e. The molecule has 1 aliphatic heterocycles. The summed E-state index contributed by atoms with van der Waals surface area (Å²) in [6, 6.07) is -3.25. The number of amides is 3. The molecule has 0 spiro atoms. The number of urea groups is 1. The minimum atomic E-state index is -4.63. The minimum absolute atomic E-state index is 0.0717. The molecular weight excluding hydrogens is 534 g/mol. The second-order valence-electron chi connectivity index (χ2n) is 9.71. The topological polar surface area (TPSA) is 101 Å². The molecule has 3 atom stereocenters. The Morgan fingerprint density at radius 2 is 2.03 bits per heavy atom. The molecule has 3 heterocycles. The second kappa shape index (κ2) is 11.0. The molecule has 0 unspecified atom stereocenters. The lowest BCUT2D eigenvalue weighted by Crippen LogP contribution is -2.40. The number of carbonyl (C=O) groups excluding carboxylic acids is 2. The van der Waals surface area contributed by atoms with Gasteiger partial charge in [0, 0.05) is 25.5 Å². The van der Waals surface area contributed by atoms with Crippen LogP contribution in [-0.4, -0.2) is 69.8 Å². The predicted molar refractivity (Wildman–Crippen MR) is 125 cm³/mol. The number of alkyl halides is 5. The van der Waals surface area contributed by atoms with Crippen molar-refractivity contribution in [2.45, 2.75) is 62.8 Å². The van der Waals surface area contributed by atoms with Crippen molar-refractivity contribution in [3.8, 4) is 0 Å². The Labute approximate surface area is 219 Å². The fourth-order valence-corrected chi connectivity index (χ4v) is 4.95. The average molecular weight is 563 g/mol. The number of hydrogen-bond acceptors (Lipinski definition) is 5. The summed E-state index contributed by atoms with van der Waals surface area (Å²) in [4.78, 5) is 30.2. The molecule has 1 saturated heterocycles. The highest BCUT2D eigenvalue weighted by atomic mass is 19.4. The van der Waals surface area contributed by atoms with Crippen LogP contribution in [0.3, 0.4) is 0 Å². The molecule has 39 heavy (non-hydrogen) atoms. The van der Waals surface area contributed by atoms with Gasteiger partial charge in [-0.05, 0) is 37.8 Å². The molecule has 2 aliphatic rings. The van der Waals surface area contributed by atoms with Crippen molar-refractivity contribution in [3.05, 3.63) is 41.6 Å². The summed E-state index contributed by atoms with van der Waals surface area (Å²) in [5, 5.41) is 8.72. The number of allylic oxidation sites excluding steroid dienone is 1. The highest BCUT2D eigenvalue weighted by Gasteiger charge is 2.48. The van der Waals surface area contributed by atoms with Gasteiger partial charge in [-0.1, -0.05) is 0 Å². The summed E-state index contributed by atoms with van der Waals surface area (Å²) in [7, 11) is 1.34. The van der Waals surface area contributed by atoms with Crippen LogP contribution in [-0.2, 0) is 9.53 Å². The van der Waals surface area contributed by atoms with Gasteiger partial charge in [0.25, 0.3) is 5.91 Å². The van der Waals surface area contributed by atoms with E-state index in [1.54, 1.807) is 0 Å². The molecule has 2 N–H and O–H groups in total. The van der Waals surface area contributed by atoms with Crippen molar-refractivity contribution in [3.63, 3.8) is 0 Å². The van der Waals surface area contributed by atoms with E-state index in [9.17, 15) is 35.9 Å². The molecule has 0 radical (unpaired) electrons. The summed E-state index contributed by atoms with van der Waals surface area (Å²) in [5.41, 5.74) is 0.825. The van der Waals surface area contributed by atoms with Gasteiger partial charge < -0.3 is 20.3 Å². The quantitative estimate of drug-likeness (QED) is 0.371. The molecular formula is C24H28F6N6O3. The van der Waals surface area contributed by atoms with Crippen LogP contribution in [0.4, 0.5) is 31.1 Å². The number of aromatic nitrogens is 3. The van der Waals surface area contributed by atoms with Crippen LogP contribution < -0.4 is 10.6 Å². The van der Waals surface area contributed by atoms with Gasteiger partial charge in [0.2, 0.25) is 5.92 Å². The third kappa shape index (κ3) is 6.28. The summed E-state index contributed by atoms with van der Waals surface area (Å²) >= 11 is 0. The number of nitrogens with one attached hydrogen (secondary N) is 2. The number of methoxy groups -OCH3 is 1. The van der Waals surface area contributed by atoms with E-state index >= 15 is 0 Å². The number of imidazole rings is 1. The molecule has 1 saturated carbocycles. The first-order valence-corrected chi connectivity index (χ1v) is 12.3. The monoisotopic (exact) mass is 562 g/mol. The standard InChI is InChI=1S/C24H28F6N6O3/c1-3-15(25)21(37)34-20(13-4-6-23(26,27)7-5-13)16-10-36-19(32-16)8-14(9-31-36)17(12-39-2)35-11-18(24(28,29)30)33-22(35)38/h3,8-10,13,17-18,20H,4-7,11-12H2,1-2H3,(H,33,38)(H,34,37)/b15-3+/t17-,18+,20+/m1/s1. The van der Waals surface area contributed by atoms with Gasteiger partial charge >= 0.3 is 12.2 Å². The van der Waals surface area contributed by atoms with Crippen molar-refractivity contribution < 1.29 is 40.7 Å². The maximum Gasteiger partial charge on any atom is 0.410 e. The van der Waals surface area contributed by atoms with E-state index in [1.807, 2.05) is 5.32 Å².